The van der Waals surface area contributed by atoms with Crippen molar-refractivity contribution in [1.29, 1.82) is 0 Å². The molecule has 0 spiro atoms. The number of likely N-dealkylation sites (N-methyl/N-ethyl adjacent to an activating group) is 1. The first-order valence-electron chi connectivity index (χ1n) is 27.5. The van der Waals surface area contributed by atoms with Crippen LogP contribution in [0.25, 0.3) is 0 Å². The van der Waals surface area contributed by atoms with E-state index in [0.29, 0.717) is 34.6 Å². The number of aromatic hydroxyl groups is 1. The number of benzene rings is 3. The molecule has 2 heterocycles. The number of carbonyl (C=O) groups is 8. The predicted molar refractivity (Wildman–Crippen MR) is 299 cm³/mol. The molecule has 3 aromatic rings. The first-order chi connectivity index (χ1) is 39.3. The lowest BCUT2D eigenvalue weighted by Gasteiger charge is -2.44. The van der Waals surface area contributed by atoms with E-state index >= 15 is 9.59 Å². The first-order valence-corrected chi connectivity index (χ1v) is 28.9. The molecular formula is C57H79N7O18S. The highest BCUT2D eigenvalue weighted by Gasteiger charge is 2.47. The molecule has 0 saturated carbocycles. The minimum atomic E-state index is -5.06. The zero-order valence-corrected chi connectivity index (χ0v) is 49.0. The number of aryl methyl sites for hydroxylation is 2. The predicted octanol–water partition coefficient (Wildman–Crippen LogP) is 1.65. The molecule has 0 unspecified atom stereocenters. The maximum Gasteiger partial charge on any atom is 0.397 e. The molecule has 5 rings (SSSR count). The Morgan fingerprint density at radius 2 is 1.34 bits per heavy atom. The topological polar surface area (TPSA) is 344 Å². The number of hydrogen-bond acceptors (Lipinski definition) is 17. The Morgan fingerprint density at radius 3 is 1.90 bits per heavy atom. The Kier molecular flexibility index (Phi) is 24.6. The minimum absolute atomic E-state index is 0.0514. The van der Waals surface area contributed by atoms with E-state index in [4.69, 9.17) is 18.9 Å². The summed E-state index contributed by atoms with van der Waals surface area (Å²) in [5, 5.41) is 34.9. The van der Waals surface area contributed by atoms with Gasteiger partial charge in [-0.05, 0) is 110 Å². The Balaban J connectivity index is 1.65. The van der Waals surface area contributed by atoms with Crippen molar-refractivity contribution in [2.45, 2.75) is 153 Å². The average Bonchev–Trinajstić information content (AvgIpc) is 3.50. The number of esters is 1. The number of phenolic OH excluding ortho intramolecular Hbond substituents is 1. The number of hydrogen-bond donors (Lipinski definition) is 8. The second-order valence-corrected chi connectivity index (χ2v) is 22.0. The van der Waals surface area contributed by atoms with Gasteiger partial charge in [0.25, 0.3) is 5.91 Å². The van der Waals surface area contributed by atoms with Gasteiger partial charge in [0.2, 0.25) is 35.4 Å². The number of piperidine rings is 1. The van der Waals surface area contributed by atoms with Gasteiger partial charge < -0.3 is 65.5 Å². The number of fused-ring (bicyclic) bond motifs is 2. The molecule has 3 aromatic carbocycles. The molecule has 2 fully saturated rings. The van der Waals surface area contributed by atoms with E-state index in [0.717, 1.165) is 12.0 Å². The summed E-state index contributed by atoms with van der Waals surface area (Å²) in [6.07, 6.45) is -4.70. The van der Waals surface area contributed by atoms with Gasteiger partial charge in [0.15, 0.2) is 6.10 Å². The Bertz CT molecular complexity index is 2820. The quantitative estimate of drug-likeness (QED) is 0.0524. The number of methoxy groups -OCH3 is 3. The fraction of sp³-hybridized carbons (Fsp3) is 0.544. The summed E-state index contributed by atoms with van der Waals surface area (Å²) in [5.41, 5.74) is 1.85. The number of ether oxygens (including phenoxy) is 4. The summed E-state index contributed by atoms with van der Waals surface area (Å²) < 4.78 is 58.3. The Morgan fingerprint density at radius 1 is 0.759 bits per heavy atom. The summed E-state index contributed by atoms with van der Waals surface area (Å²) in [7, 11) is 0.336. The summed E-state index contributed by atoms with van der Waals surface area (Å²) in [4.78, 5) is 120. The molecule has 2 aliphatic rings. The van der Waals surface area contributed by atoms with Gasteiger partial charge in [0.05, 0.1) is 14.2 Å². The highest BCUT2D eigenvalue weighted by atomic mass is 32.3. The fourth-order valence-corrected chi connectivity index (χ4v) is 9.97. The van der Waals surface area contributed by atoms with Crippen LogP contribution in [-0.4, -0.2) is 176 Å². The number of amides is 7. The van der Waals surface area contributed by atoms with Crippen molar-refractivity contribution in [2.24, 2.45) is 11.8 Å². The zero-order chi connectivity index (χ0) is 61.3. The summed E-state index contributed by atoms with van der Waals surface area (Å²) in [6.45, 7) is 7.18. The second-order valence-electron chi connectivity index (χ2n) is 20.9. The molecule has 83 heavy (non-hydrogen) atoms. The summed E-state index contributed by atoms with van der Waals surface area (Å²) in [6, 6.07) is 8.92. The van der Waals surface area contributed by atoms with Crippen LogP contribution in [0.5, 0.6) is 17.2 Å². The van der Waals surface area contributed by atoms with Gasteiger partial charge in [-0.2, -0.15) is 8.42 Å². The number of cyclic esters (lactones) is 1. The average molecular weight is 1180 g/mol. The van der Waals surface area contributed by atoms with Gasteiger partial charge in [0.1, 0.15) is 78.5 Å². The molecule has 0 aromatic heterocycles. The molecule has 8 N–H and O–H groups in total. The number of rotatable bonds is 22. The maximum absolute atomic E-state index is 15.2. The summed E-state index contributed by atoms with van der Waals surface area (Å²) in [5.74, 6) is -7.83. The van der Waals surface area contributed by atoms with Crippen LogP contribution in [0.2, 0.25) is 0 Å². The van der Waals surface area contributed by atoms with Crippen LogP contribution < -0.4 is 36.1 Å². The van der Waals surface area contributed by atoms with Gasteiger partial charge in [-0.15, -0.1) is 0 Å². The van der Waals surface area contributed by atoms with Gasteiger partial charge in [-0.3, -0.25) is 38.1 Å². The molecule has 2 saturated heterocycles. The van der Waals surface area contributed by atoms with Crippen LogP contribution in [0, 0.1) is 11.8 Å². The van der Waals surface area contributed by atoms with E-state index in [1.54, 1.807) is 88.4 Å². The highest BCUT2D eigenvalue weighted by Crippen LogP contribution is 2.28. The number of aliphatic hydroxyl groups is 1. The van der Waals surface area contributed by atoms with Crippen molar-refractivity contribution in [3.63, 3.8) is 0 Å². The minimum Gasteiger partial charge on any atom is -0.508 e. The van der Waals surface area contributed by atoms with Gasteiger partial charge in [0, 0.05) is 20.6 Å². The van der Waals surface area contributed by atoms with Crippen LogP contribution >= 0.6 is 0 Å². The van der Waals surface area contributed by atoms with Crippen LogP contribution in [0.1, 0.15) is 89.8 Å². The van der Waals surface area contributed by atoms with Crippen LogP contribution in [0.3, 0.4) is 0 Å². The largest absolute Gasteiger partial charge is 0.508 e. The lowest BCUT2D eigenvalue weighted by atomic mass is 9.91. The van der Waals surface area contributed by atoms with E-state index in [1.165, 1.54) is 45.2 Å². The van der Waals surface area contributed by atoms with E-state index < -0.39 is 137 Å². The lowest BCUT2D eigenvalue weighted by Crippen LogP contribution is -2.66. The van der Waals surface area contributed by atoms with E-state index in [1.807, 2.05) is 0 Å². The lowest BCUT2D eigenvalue weighted by molar-refractivity contribution is -0.168. The Labute approximate surface area is 483 Å². The van der Waals surface area contributed by atoms with Crippen LogP contribution in [0.4, 0.5) is 0 Å². The van der Waals surface area contributed by atoms with Crippen molar-refractivity contribution in [2.75, 3.05) is 35.0 Å². The van der Waals surface area contributed by atoms with Crippen molar-refractivity contribution in [3.8, 4) is 17.2 Å². The molecule has 12 atom stereocenters. The van der Waals surface area contributed by atoms with E-state index in [-0.39, 0.29) is 57.1 Å². The third kappa shape index (κ3) is 18.6. The fourth-order valence-electron chi connectivity index (χ4n) is 9.68. The molecule has 25 nitrogen and oxygen atoms in total. The third-order valence-corrected chi connectivity index (χ3v) is 15.6. The monoisotopic (exact) mass is 1180 g/mol. The smallest absolute Gasteiger partial charge is 0.397 e. The standard InChI is InChI=1S/C57H79N7O18S/c1-10-32(3)47-57(74)82-34(5)48(62-51(68)42(27-18-35-12-20-38(65)21-13-35)58-53(70)45(80-9)31-81-83(75,76)77)54(71)59-41(26-19-36-14-22-39(78-7)23-15-36)50(67)60-43-28-29-46(66)64(55(43)72)49(33(4)11-2)56(73)63(6)44(52(69)61-47)30-37-16-24-40(79-8)25-17-37/h12-17,20-25,32-34,41-49,65-66H,10-11,18-19,26-31H2,1-9H3,(H,58,70)(H,59,71)(H,60,67)(H,61,69)(H,62,68)(H,75,76,77)/t32-,33+,34-,41+,42+,43+,44+,45-,46-,47+,48+,49+/m1/s1. The maximum atomic E-state index is 15.2. The second kappa shape index (κ2) is 30.8. The normalized spacial score (nSPS) is 23.8. The number of phenols is 1. The zero-order valence-electron chi connectivity index (χ0n) is 48.2. The SMILES string of the molecule is CC[C@@H](C)[C@@H]1NC(=O)[C@H](Cc2ccc(OC)cc2)N(C)C(=O)[C@H]([C@@H](C)CC)N2C(=O)[C@H](CC[C@H]2O)NC(=O)[C@H](CCc2ccc(OC)cc2)NC(=O)[C@@H](NC(=O)[C@H](CCc2ccc(O)cc2)NC(=O)[C@@H](COS(=O)(=O)O)OC)[C@@H](C)OC1=O. The molecule has 2 aliphatic heterocycles. The Hall–Kier alpha value is -7.39. The molecule has 456 valence electrons. The third-order valence-electron chi connectivity index (χ3n) is 15.2. The van der Waals surface area contributed by atoms with Crippen molar-refractivity contribution in [3.05, 3.63) is 89.5 Å². The van der Waals surface area contributed by atoms with Crippen molar-refractivity contribution >= 4 is 57.7 Å². The first kappa shape index (κ1) is 66.4. The molecule has 0 radical (unpaired) electrons. The number of nitrogens with one attached hydrogen (secondary N) is 5. The number of nitrogens with zero attached hydrogens (tertiary/aromatic N) is 2. The molecule has 0 aliphatic carbocycles. The molecule has 7 amide bonds. The van der Waals surface area contributed by atoms with Crippen LogP contribution in [-0.2, 0) is 81.7 Å². The van der Waals surface area contributed by atoms with Gasteiger partial charge in [-0.1, -0.05) is 76.9 Å². The highest BCUT2D eigenvalue weighted by molar-refractivity contribution is 7.80. The number of carbonyl (C=O) groups excluding carboxylic acids is 8. The van der Waals surface area contributed by atoms with Crippen molar-refractivity contribution in [1.82, 2.24) is 36.4 Å². The summed E-state index contributed by atoms with van der Waals surface area (Å²) >= 11 is 0. The van der Waals surface area contributed by atoms with Crippen LogP contribution in [0.15, 0.2) is 72.8 Å². The number of aliphatic hydroxyl groups excluding tert-OH is 1. The molecule has 26 heteroatoms. The van der Waals surface area contributed by atoms with Crippen molar-refractivity contribution < 1.29 is 84.7 Å². The molecular weight excluding hydrogens is 1100 g/mol. The van der Waals surface area contributed by atoms with Gasteiger partial charge in [-0.25, -0.2) is 8.98 Å². The van der Waals surface area contributed by atoms with Gasteiger partial charge >= 0.3 is 16.4 Å². The van der Waals surface area contributed by atoms with E-state index in [2.05, 4.69) is 30.8 Å². The molecule has 2 bridgehead atoms. The van der Waals surface area contributed by atoms with E-state index in [9.17, 15) is 52.0 Å².